The van der Waals surface area contributed by atoms with E-state index >= 15 is 0 Å². The SMILES string of the molecule is CCSC1(C(=O)O)c2ccccc2C=Cc2ccccc21. The zero-order valence-corrected chi connectivity index (χ0v) is 12.6. The van der Waals surface area contributed by atoms with Crippen LogP contribution in [0.15, 0.2) is 48.5 Å². The second-order valence-corrected chi connectivity index (χ2v) is 6.41. The van der Waals surface area contributed by atoms with E-state index in [1.54, 1.807) is 0 Å². The third kappa shape index (κ3) is 2.09. The van der Waals surface area contributed by atoms with Crippen molar-refractivity contribution in [2.24, 2.45) is 0 Å². The molecule has 106 valence electrons. The first-order valence-electron chi connectivity index (χ1n) is 6.94. The van der Waals surface area contributed by atoms with Crippen molar-refractivity contribution >= 4 is 29.9 Å². The van der Waals surface area contributed by atoms with E-state index in [9.17, 15) is 9.90 Å². The molecule has 0 unspecified atom stereocenters. The lowest BCUT2D eigenvalue weighted by molar-refractivity contribution is -0.138. The molecule has 1 aliphatic carbocycles. The fourth-order valence-electron chi connectivity index (χ4n) is 2.91. The number of carboxylic acids is 1. The van der Waals surface area contributed by atoms with E-state index < -0.39 is 10.7 Å². The normalized spacial score (nSPS) is 14.9. The van der Waals surface area contributed by atoms with Gasteiger partial charge in [0.15, 0.2) is 4.75 Å². The summed E-state index contributed by atoms with van der Waals surface area (Å²) in [6.45, 7) is 2.00. The first kappa shape index (κ1) is 14.0. The van der Waals surface area contributed by atoms with Crippen LogP contribution in [0.2, 0.25) is 0 Å². The maximum absolute atomic E-state index is 12.3. The second-order valence-electron chi connectivity index (χ2n) is 4.93. The minimum absolute atomic E-state index is 0.731. The molecule has 0 fully saturated rings. The maximum atomic E-state index is 12.3. The molecule has 1 N–H and O–H groups in total. The Kier molecular flexibility index (Phi) is 3.60. The summed E-state index contributed by atoms with van der Waals surface area (Å²) in [5.74, 6) is -0.0763. The van der Waals surface area contributed by atoms with Crippen molar-refractivity contribution in [2.45, 2.75) is 11.7 Å². The number of fused-ring (bicyclic) bond motifs is 2. The summed E-state index contributed by atoms with van der Waals surface area (Å²) in [6.07, 6.45) is 4.02. The van der Waals surface area contributed by atoms with Crippen molar-refractivity contribution in [2.75, 3.05) is 5.75 Å². The highest BCUT2D eigenvalue weighted by molar-refractivity contribution is 8.01. The van der Waals surface area contributed by atoms with Crippen molar-refractivity contribution in [3.05, 3.63) is 70.8 Å². The van der Waals surface area contributed by atoms with E-state index in [1.165, 1.54) is 11.8 Å². The minimum Gasteiger partial charge on any atom is -0.480 e. The Hall–Kier alpha value is -2.00. The van der Waals surface area contributed by atoms with Crippen LogP contribution < -0.4 is 0 Å². The molecule has 3 rings (SSSR count). The van der Waals surface area contributed by atoms with Crippen molar-refractivity contribution in [3.63, 3.8) is 0 Å². The van der Waals surface area contributed by atoms with Gasteiger partial charge in [0, 0.05) is 0 Å². The van der Waals surface area contributed by atoms with Gasteiger partial charge in [-0.25, -0.2) is 4.79 Å². The molecule has 0 amide bonds. The Morgan fingerprint density at radius 1 is 1.00 bits per heavy atom. The monoisotopic (exact) mass is 296 g/mol. The lowest BCUT2D eigenvalue weighted by Crippen LogP contribution is -2.35. The molecule has 0 heterocycles. The fraction of sp³-hybridized carbons (Fsp3) is 0.167. The van der Waals surface area contributed by atoms with Crippen molar-refractivity contribution in [3.8, 4) is 0 Å². The molecule has 3 heteroatoms. The number of rotatable bonds is 3. The Morgan fingerprint density at radius 2 is 1.48 bits per heavy atom. The first-order chi connectivity index (χ1) is 10.2. The number of carbonyl (C=O) groups is 1. The van der Waals surface area contributed by atoms with Gasteiger partial charge in [0.2, 0.25) is 0 Å². The van der Waals surface area contributed by atoms with E-state index in [0.717, 1.165) is 28.0 Å². The molecule has 0 saturated heterocycles. The van der Waals surface area contributed by atoms with Crippen LogP contribution in [0.1, 0.15) is 29.2 Å². The first-order valence-corrected chi connectivity index (χ1v) is 7.93. The smallest absolute Gasteiger partial charge is 0.329 e. The molecular formula is C18H16O2S. The van der Waals surface area contributed by atoms with E-state index in [0.29, 0.717) is 0 Å². The molecule has 21 heavy (non-hydrogen) atoms. The summed E-state index contributed by atoms with van der Waals surface area (Å²) < 4.78 is -1.05. The molecule has 0 saturated carbocycles. The third-order valence-corrected chi connectivity index (χ3v) is 5.12. The zero-order valence-electron chi connectivity index (χ0n) is 11.7. The van der Waals surface area contributed by atoms with Gasteiger partial charge in [-0.2, -0.15) is 0 Å². The van der Waals surface area contributed by atoms with Crippen LogP contribution in [0.3, 0.4) is 0 Å². The molecular weight excluding hydrogens is 280 g/mol. The van der Waals surface area contributed by atoms with Crippen LogP contribution in [-0.2, 0) is 9.54 Å². The Bertz CT molecular complexity index is 669. The Morgan fingerprint density at radius 3 is 1.90 bits per heavy atom. The third-order valence-electron chi connectivity index (χ3n) is 3.78. The van der Waals surface area contributed by atoms with Crippen LogP contribution >= 0.6 is 11.8 Å². The molecule has 0 spiro atoms. The van der Waals surface area contributed by atoms with E-state index in [1.807, 2.05) is 67.6 Å². The summed E-state index contributed by atoms with van der Waals surface area (Å²) in [5, 5.41) is 10.1. The standard InChI is InChI=1S/C18H16O2S/c1-2-21-18(17(19)20)15-9-5-3-7-13(15)11-12-14-8-4-6-10-16(14)18/h3-12H,2H2,1H3,(H,19,20). The summed E-state index contributed by atoms with van der Waals surface area (Å²) >= 11 is 1.47. The molecule has 0 radical (unpaired) electrons. The molecule has 2 nitrogen and oxygen atoms in total. The predicted molar refractivity (Wildman–Crippen MR) is 88.4 cm³/mol. The van der Waals surface area contributed by atoms with Gasteiger partial charge >= 0.3 is 5.97 Å². The van der Waals surface area contributed by atoms with Crippen molar-refractivity contribution in [1.82, 2.24) is 0 Å². The predicted octanol–water partition coefficient (Wildman–Crippen LogP) is 4.25. The van der Waals surface area contributed by atoms with Gasteiger partial charge in [0.1, 0.15) is 0 Å². The number of hydrogen-bond donors (Lipinski definition) is 1. The lowest BCUT2D eigenvalue weighted by Gasteiger charge is -2.31. The van der Waals surface area contributed by atoms with E-state index in [4.69, 9.17) is 0 Å². The van der Waals surface area contributed by atoms with Crippen LogP contribution in [0, 0.1) is 0 Å². The average molecular weight is 296 g/mol. The number of benzene rings is 2. The van der Waals surface area contributed by atoms with Gasteiger partial charge in [-0.3, -0.25) is 0 Å². The van der Waals surface area contributed by atoms with Gasteiger partial charge < -0.3 is 5.11 Å². The van der Waals surface area contributed by atoms with Crippen LogP contribution in [0.5, 0.6) is 0 Å². The molecule has 2 aromatic carbocycles. The van der Waals surface area contributed by atoms with Crippen molar-refractivity contribution in [1.29, 1.82) is 0 Å². The largest absolute Gasteiger partial charge is 0.480 e. The zero-order chi connectivity index (χ0) is 14.9. The van der Waals surface area contributed by atoms with Gasteiger partial charge in [-0.05, 0) is 28.0 Å². The average Bonchev–Trinajstić information content (AvgIpc) is 2.64. The van der Waals surface area contributed by atoms with Gasteiger partial charge in [-0.1, -0.05) is 67.6 Å². The number of aliphatic carboxylic acids is 1. The quantitative estimate of drug-likeness (QED) is 0.920. The second kappa shape index (κ2) is 5.41. The van der Waals surface area contributed by atoms with Crippen molar-refractivity contribution < 1.29 is 9.90 Å². The summed E-state index contributed by atoms with van der Waals surface area (Å²) in [7, 11) is 0. The highest BCUT2D eigenvalue weighted by atomic mass is 32.2. The van der Waals surface area contributed by atoms with Crippen LogP contribution in [0.25, 0.3) is 12.2 Å². The van der Waals surface area contributed by atoms with Crippen LogP contribution in [0.4, 0.5) is 0 Å². The van der Waals surface area contributed by atoms with E-state index in [-0.39, 0.29) is 0 Å². The minimum atomic E-state index is -1.05. The lowest BCUT2D eigenvalue weighted by atomic mass is 9.86. The molecule has 1 aliphatic rings. The Labute approximate surface area is 128 Å². The number of hydrogen-bond acceptors (Lipinski definition) is 2. The van der Waals surface area contributed by atoms with Gasteiger partial charge in [0.25, 0.3) is 0 Å². The highest BCUT2D eigenvalue weighted by Gasteiger charge is 2.45. The highest BCUT2D eigenvalue weighted by Crippen LogP contribution is 2.47. The summed E-state index contributed by atoms with van der Waals surface area (Å²) in [5.41, 5.74) is 3.64. The van der Waals surface area contributed by atoms with E-state index in [2.05, 4.69) is 0 Å². The molecule has 0 aliphatic heterocycles. The number of carboxylic acid groups (broad SMARTS) is 1. The Balaban J connectivity index is 2.40. The molecule has 0 bridgehead atoms. The summed E-state index contributed by atoms with van der Waals surface area (Å²) in [6, 6.07) is 15.5. The topological polar surface area (TPSA) is 37.3 Å². The molecule has 2 aromatic rings. The van der Waals surface area contributed by atoms with Gasteiger partial charge in [0.05, 0.1) is 0 Å². The molecule has 0 atom stereocenters. The molecule has 0 aromatic heterocycles. The van der Waals surface area contributed by atoms with Crippen LogP contribution in [-0.4, -0.2) is 16.8 Å². The number of thioether (sulfide) groups is 1. The maximum Gasteiger partial charge on any atom is 0.329 e. The fourth-order valence-corrected chi connectivity index (χ4v) is 4.15. The summed E-state index contributed by atoms with van der Waals surface area (Å²) in [4.78, 5) is 12.3. The van der Waals surface area contributed by atoms with Gasteiger partial charge in [-0.15, -0.1) is 11.8 Å².